The fourth-order valence-electron chi connectivity index (χ4n) is 5.41. The lowest BCUT2D eigenvalue weighted by atomic mass is 9.97. The molecule has 0 bridgehead atoms. The zero-order chi connectivity index (χ0) is 26.4. The molecule has 8 nitrogen and oxygen atoms in total. The van der Waals surface area contributed by atoms with Crippen molar-refractivity contribution in [1.29, 1.82) is 0 Å². The van der Waals surface area contributed by atoms with Crippen LogP contribution in [0.15, 0.2) is 42.5 Å². The van der Waals surface area contributed by atoms with E-state index in [4.69, 9.17) is 4.74 Å². The van der Waals surface area contributed by atoms with E-state index in [2.05, 4.69) is 36.6 Å². The molecule has 2 aromatic carbocycles. The first kappa shape index (κ1) is 26.5. The Balaban J connectivity index is 1.35. The van der Waals surface area contributed by atoms with Crippen LogP contribution in [0.5, 0.6) is 0 Å². The van der Waals surface area contributed by atoms with Gasteiger partial charge in [0.05, 0.1) is 7.11 Å². The Labute approximate surface area is 219 Å². The van der Waals surface area contributed by atoms with Gasteiger partial charge in [0.1, 0.15) is 6.04 Å². The molecule has 4 amide bonds. The summed E-state index contributed by atoms with van der Waals surface area (Å²) in [6, 6.07) is 13.1. The topological polar surface area (TPSA) is 91.0 Å². The van der Waals surface area contributed by atoms with Crippen molar-refractivity contribution in [3.63, 3.8) is 0 Å². The van der Waals surface area contributed by atoms with E-state index < -0.39 is 12.0 Å². The lowest BCUT2D eigenvalue weighted by molar-refractivity contribution is -0.142. The maximum absolute atomic E-state index is 13.1. The number of rotatable bonds is 7. The van der Waals surface area contributed by atoms with Gasteiger partial charge in [-0.25, -0.2) is 14.4 Å². The van der Waals surface area contributed by atoms with Gasteiger partial charge in [-0.05, 0) is 60.4 Å². The van der Waals surface area contributed by atoms with Crippen molar-refractivity contribution >= 4 is 23.7 Å². The quantitative estimate of drug-likeness (QED) is 0.552. The second kappa shape index (κ2) is 12.1. The van der Waals surface area contributed by atoms with E-state index in [1.165, 1.54) is 18.2 Å². The highest BCUT2D eigenvalue weighted by Crippen LogP contribution is 2.24. The number of piperidine rings is 1. The van der Waals surface area contributed by atoms with E-state index in [9.17, 15) is 14.4 Å². The maximum atomic E-state index is 13.1. The van der Waals surface area contributed by atoms with Gasteiger partial charge < -0.3 is 25.2 Å². The molecular formula is C29H38N4O4. The van der Waals surface area contributed by atoms with Gasteiger partial charge in [0.25, 0.3) is 0 Å². The average molecular weight is 507 g/mol. The molecular weight excluding hydrogens is 468 g/mol. The number of anilines is 1. The number of aryl methyl sites for hydroxylation is 2. The number of hydrogen-bond donors (Lipinski definition) is 2. The van der Waals surface area contributed by atoms with E-state index in [-0.39, 0.29) is 18.1 Å². The molecule has 8 heteroatoms. The average Bonchev–Trinajstić information content (AvgIpc) is 3.10. The molecule has 0 aromatic heterocycles. The van der Waals surface area contributed by atoms with Crippen LogP contribution in [-0.2, 0) is 35.2 Å². The molecule has 2 N–H and O–H groups in total. The number of likely N-dealkylation sites (tertiary alicyclic amines) is 1. The van der Waals surface area contributed by atoms with Crippen LogP contribution >= 0.6 is 0 Å². The van der Waals surface area contributed by atoms with Crippen LogP contribution in [0, 0.1) is 0 Å². The Hall–Kier alpha value is -3.55. The summed E-state index contributed by atoms with van der Waals surface area (Å²) in [5.74, 6) is -0.457. The molecule has 0 saturated carbocycles. The number of ether oxygens (including phenoxy) is 1. The number of fused-ring (bicyclic) bond motifs is 1. The van der Waals surface area contributed by atoms with E-state index in [1.807, 2.05) is 35.2 Å². The van der Waals surface area contributed by atoms with Crippen molar-refractivity contribution in [3.05, 3.63) is 64.7 Å². The number of benzene rings is 2. The lowest BCUT2D eigenvalue weighted by Gasteiger charge is -2.38. The molecule has 37 heavy (non-hydrogen) atoms. The van der Waals surface area contributed by atoms with Gasteiger partial charge in [0.2, 0.25) is 0 Å². The van der Waals surface area contributed by atoms with Crippen molar-refractivity contribution in [3.8, 4) is 0 Å². The standard InChI is InChI=1S/C29H38N4O4/c1-4-21-11-10-20(18-22(21)5-2)19-26(27(34)37-3)31-28(35)32-15-13-24(14-16-32)33-17-12-23-8-6-7-9-25(23)30-29(33)36/h6-11,18,24,26H,4-5,12-17,19H2,1-3H3,(H,30,36)(H,31,35)/t26-/m0/s1. The molecule has 2 aromatic rings. The van der Waals surface area contributed by atoms with Crippen LogP contribution in [0.2, 0.25) is 0 Å². The van der Waals surface area contributed by atoms with Gasteiger partial charge in [-0.1, -0.05) is 50.2 Å². The molecule has 2 aliphatic heterocycles. The number of methoxy groups -OCH3 is 1. The Morgan fingerprint density at radius 1 is 1.05 bits per heavy atom. The smallest absolute Gasteiger partial charge is 0.328 e. The first-order valence-electron chi connectivity index (χ1n) is 13.3. The Morgan fingerprint density at radius 3 is 2.49 bits per heavy atom. The molecule has 2 aliphatic rings. The van der Waals surface area contributed by atoms with Crippen molar-refractivity contribution in [1.82, 2.24) is 15.1 Å². The number of urea groups is 2. The molecule has 0 unspecified atom stereocenters. The third kappa shape index (κ3) is 6.24. The molecule has 1 fully saturated rings. The molecule has 4 rings (SSSR count). The first-order chi connectivity index (χ1) is 17.9. The predicted molar refractivity (Wildman–Crippen MR) is 144 cm³/mol. The fourth-order valence-corrected chi connectivity index (χ4v) is 5.41. The molecule has 1 saturated heterocycles. The van der Waals surface area contributed by atoms with Crippen molar-refractivity contribution in [2.45, 2.75) is 64.5 Å². The fraction of sp³-hybridized carbons (Fsp3) is 0.483. The number of para-hydroxylation sites is 1. The number of carbonyl (C=O) groups excluding carboxylic acids is 3. The zero-order valence-corrected chi connectivity index (χ0v) is 22.1. The minimum atomic E-state index is -0.762. The van der Waals surface area contributed by atoms with Crippen LogP contribution in [-0.4, -0.2) is 66.7 Å². The summed E-state index contributed by atoms with van der Waals surface area (Å²) in [5.41, 5.74) is 5.57. The first-order valence-corrected chi connectivity index (χ1v) is 13.3. The van der Waals surface area contributed by atoms with Crippen molar-refractivity contribution < 1.29 is 19.1 Å². The number of nitrogens with zero attached hydrogens (tertiary/aromatic N) is 2. The summed E-state index contributed by atoms with van der Waals surface area (Å²) in [7, 11) is 1.34. The summed E-state index contributed by atoms with van der Waals surface area (Å²) >= 11 is 0. The normalized spacial score (nSPS) is 16.9. The molecule has 0 aliphatic carbocycles. The van der Waals surface area contributed by atoms with Gasteiger partial charge in [-0.2, -0.15) is 0 Å². The summed E-state index contributed by atoms with van der Waals surface area (Å²) < 4.78 is 5.00. The number of hydrogen-bond acceptors (Lipinski definition) is 4. The molecule has 198 valence electrons. The highest BCUT2D eigenvalue weighted by atomic mass is 16.5. The summed E-state index contributed by atoms with van der Waals surface area (Å²) in [5, 5.41) is 5.93. The minimum absolute atomic E-state index is 0.0688. The molecule has 0 spiro atoms. The minimum Gasteiger partial charge on any atom is -0.467 e. The summed E-state index contributed by atoms with van der Waals surface area (Å²) in [6.45, 7) is 5.95. The van der Waals surface area contributed by atoms with Crippen LogP contribution in [0.4, 0.5) is 15.3 Å². The van der Waals surface area contributed by atoms with Gasteiger partial charge in [0, 0.05) is 37.8 Å². The van der Waals surface area contributed by atoms with E-state index in [0.29, 0.717) is 38.9 Å². The third-order valence-corrected chi connectivity index (χ3v) is 7.59. The zero-order valence-electron chi connectivity index (χ0n) is 22.1. The second-order valence-corrected chi connectivity index (χ2v) is 9.79. The van der Waals surface area contributed by atoms with Gasteiger partial charge in [0.15, 0.2) is 0 Å². The third-order valence-electron chi connectivity index (χ3n) is 7.59. The predicted octanol–water partition coefficient (Wildman–Crippen LogP) is 4.16. The second-order valence-electron chi connectivity index (χ2n) is 9.79. The van der Waals surface area contributed by atoms with Crippen LogP contribution in [0.1, 0.15) is 48.9 Å². The van der Waals surface area contributed by atoms with Crippen molar-refractivity contribution in [2.75, 3.05) is 32.1 Å². The summed E-state index contributed by atoms with van der Waals surface area (Å²) in [6.07, 6.45) is 4.44. The number of esters is 1. The Bertz CT molecular complexity index is 1130. The maximum Gasteiger partial charge on any atom is 0.328 e. The van der Waals surface area contributed by atoms with Crippen LogP contribution < -0.4 is 10.6 Å². The van der Waals surface area contributed by atoms with E-state index in [0.717, 1.165) is 36.1 Å². The van der Waals surface area contributed by atoms with E-state index >= 15 is 0 Å². The summed E-state index contributed by atoms with van der Waals surface area (Å²) in [4.78, 5) is 42.1. The van der Waals surface area contributed by atoms with Crippen LogP contribution in [0.3, 0.4) is 0 Å². The monoisotopic (exact) mass is 506 g/mol. The van der Waals surface area contributed by atoms with Gasteiger partial charge >= 0.3 is 18.0 Å². The molecule has 2 heterocycles. The van der Waals surface area contributed by atoms with Crippen molar-refractivity contribution in [2.24, 2.45) is 0 Å². The number of amides is 4. The Morgan fingerprint density at radius 2 is 1.78 bits per heavy atom. The SMILES string of the molecule is CCc1ccc(C[C@H](NC(=O)N2CCC(N3CCc4ccccc4NC3=O)CC2)C(=O)OC)cc1CC. The van der Waals surface area contributed by atoms with Gasteiger partial charge in [-0.3, -0.25) is 0 Å². The highest BCUT2D eigenvalue weighted by Gasteiger charge is 2.32. The molecule has 1 atom stereocenters. The number of nitrogens with one attached hydrogen (secondary N) is 2. The van der Waals surface area contributed by atoms with Crippen LogP contribution in [0.25, 0.3) is 0 Å². The largest absolute Gasteiger partial charge is 0.467 e. The van der Waals surface area contributed by atoms with Gasteiger partial charge in [-0.15, -0.1) is 0 Å². The lowest BCUT2D eigenvalue weighted by Crippen LogP contribution is -2.54. The Kier molecular flexibility index (Phi) is 8.69. The highest BCUT2D eigenvalue weighted by molar-refractivity contribution is 5.91. The molecule has 0 radical (unpaired) electrons. The number of carbonyl (C=O) groups is 3. The van der Waals surface area contributed by atoms with E-state index in [1.54, 1.807) is 4.90 Å².